The molecule has 10 heteroatoms. The standard InChI is InChI=1S/C27H29N3O5S2/c1-18-15-19(2)25-24(16-18)36-27(28-25)30(17-22-5-4-14-35-22)26(31)20-10-12-29(13-11-20)37(32,33)23-8-6-21(34-3)7-9-23/h4-9,14-16,20H,10-13,17H2,1-3H3. The first-order chi connectivity index (χ1) is 17.8. The Morgan fingerprint density at radius 1 is 1.16 bits per heavy atom. The second-order valence-corrected chi connectivity index (χ2v) is 12.2. The first-order valence-electron chi connectivity index (χ1n) is 12.1. The van der Waals surface area contributed by atoms with E-state index in [0.717, 1.165) is 21.3 Å². The summed E-state index contributed by atoms with van der Waals surface area (Å²) in [6.45, 7) is 4.89. The second kappa shape index (κ2) is 10.3. The van der Waals surface area contributed by atoms with Gasteiger partial charge in [-0.3, -0.25) is 9.69 Å². The zero-order valence-corrected chi connectivity index (χ0v) is 22.6. The van der Waals surface area contributed by atoms with Crippen LogP contribution in [0.15, 0.2) is 64.1 Å². The van der Waals surface area contributed by atoms with Gasteiger partial charge < -0.3 is 9.15 Å². The van der Waals surface area contributed by atoms with E-state index in [4.69, 9.17) is 14.1 Å². The lowest BCUT2D eigenvalue weighted by molar-refractivity contribution is -0.123. The van der Waals surface area contributed by atoms with Crippen LogP contribution in [0.25, 0.3) is 10.2 Å². The van der Waals surface area contributed by atoms with Gasteiger partial charge in [-0.2, -0.15) is 4.31 Å². The fourth-order valence-electron chi connectivity index (χ4n) is 4.73. The van der Waals surface area contributed by atoms with Crippen LogP contribution in [-0.2, 0) is 21.4 Å². The van der Waals surface area contributed by atoms with Crippen LogP contribution in [-0.4, -0.2) is 43.8 Å². The Morgan fingerprint density at radius 2 is 1.89 bits per heavy atom. The van der Waals surface area contributed by atoms with Crippen LogP contribution in [0.3, 0.4) is 0 Å². The van der Waals surface area contributed by atoms with Gasteiger partial charge in [-0.05, 0) is 80.3 Å². The van der Waals surface area contributed by atoms with Crippen LogP contribution >= 0.6 is 11.3 Å². The van der Waals surface area contributed by atoms with Crippen molar-refractivity contribution in [2.75, 3.05) is 25.1 Å². The van der Waals surface area contributed by atoms with E-state index in [9.17, 15) is 13.2 Å². The highest BCUT2D eigenvalue weighted by atomic mass is 32.2. The van der Waals surface area contributed by atoms with Gasteiger partial charge >= 0.3 is 0 Å². The van der Waals surface area contributed by atoms with Gasteiger partial charge in [0.05, 0.1) is 35.0 Å². The first-order valence-corrected chi connectivity index (χ1v) is 14.4. The molecule has 0 saturated carbocycles. The number of anilines is 1. The zero-order chi connectivity index (χ0) is 26.2. The maximum atomic E-state index is 13.8. The highest BCUT2D eigenvalue weighted by molar-refractivity contribution is 7.89. The van der Waals surface area contributed by atoms with Crippen molar-refractivity contribution in [3.05, 3.63) is 71.7 Å². The van der Waals surface area contributed by atoms with E-state index in [-0.39, 0.29) is 36.4 Å². The number of fused-ring (bicyclic) bond motifs is 1. The van der Waals surface area contributed by atoms with E-state index in [1.807, 2.05) is 19.9 Å². The minimum atomic E-state index is -3.65. The average Bonchev–Trinajstić information content (AvgIpc) is 3.57. The number of aryl methyl sites for hydroxylation is 2. The fraction of sp³-hybridized carbons (Fsp3) is 0.333. The van der Waals surface area contributed by atoms with E-state index in [2.05, 4.69) is 12.1 Å². The Kier molecular flexibility index (Phi) is 7.06. The summed E-state index contributed by atoms with van der Waals surface area (Å²) in [6, 6.07) is 14.2. The van der Waals surface area contributed by atoms with E-state index < -0.39 is 10.0 Å². The molecule has 0 atom stereocenters. The minimum absolute atomic E-state index is 0.0636. The molecule has 1 saturated heterocycles. The Balaban J connectivity index is 1.36. The van der Waals surface area contributed by atoms with Gasteiger partial charge in [0.1, 0.15) is 11.5 Å². The maximum absolute atomic E-state index is 13.8. The van der Waals surface area contributed by atoms with Crippen LogP contribution in [0.2, 0.25) is 0 Å². The van der Waals surface area contributed by atoms with Gasteiger partial charge in [-0.1, -0.05) is 17.4 Å². The highest BCUT2D eigenvalue weighted by Gasteiger charge is 2.35. The van der Waals surface area contributed by atoms with E-state index in [1.165, 1.54) is 22.8 Å². The van der Waals surface area contributed by atoms with Crippen molar-refractivity contribution in [3.63, 3.8) is 0 Å². The molecule has 1 fully saturated rings. The molecule has 2 aromatic heterocycles. The Bertz CT molecular complexity index is 1500. The molecule has 0 N–H and O–H groups in total. The molecule has 0 bridgehead atoms. The molecule has 5 rings (SSSR count). The van der Waals surface area contributed by atoms with Crippen molar-refractivity contribution < 1.29 is 22.4 Å². The summed E-state index contributed by atoms with van der Waals surface area (Å²) in [5.74, 6) is 0.888. The van der Waals surface area contributed by atoms with Gasteiger partial charge in [0.25, 0.3) is 0 Å². The van der Waals surface area contributed by atoms with E-state index >= 15 is 0 Å². The maximum Gasteiger partial charge on any atom is 0.243 e. The summed E-state index contributed by atoms with van der Waals surface area (Å²) in [5, 5.41) is 0.624. The Labute approximate surface area is 220 Å². The first kappa shape index (κ1) is 25.4. The molecule has 4 aromatic rings. The topological polar surface area (TPSA) is 93.0 Å². The second-order valence-electron chi connectivity index (χ2n) is 9.28. The van der Waals surface area contributed by atoms with Crippen LogP contribution < -0.4 is 9.64 Å². The van der Waals surface area contributed by atoms with Crippen LogP contribution in [0.5, 0.6) is 5.75 Å². The number of rotatable bonds is 7. The third kappa shape index (κ3) is 5.14. The number of furan rings is 1. The molecule has 0 radical (unpaired) electrons. The van der Waals surface area contributed by atoms with Crippen LogP contribution in [0.4, 0.5) is 5.13 Å². The number of carbonyl (C=O) groups excluding carboxylic acids is 1. The highest BCUT2D eigenvalue weighted by Crippen LogP contribution is 2.35. The summed E-state index contributed by atoms with van der Waals surface area (Å²) < 4.78 is 39.5. The SMILES string of the molecule is COc1ccc(S(=O)(=O)N2CCC(C(=O)N(Cc3ccco3)c3nc4c(C)cc(C)cc4s3)CC2)cc1. The number of ether oxygens (including phenoxy) is 1. The van der Waals surface area contributed by atoms with Crippen molar-refractivity contribution in [2.45, 2.75) is 38.1 Å². The summed E-state index contributed by atoms with van der Waals surface area (Å²) in [6.07, 6.45) is 2.46. The Morgan fingerprint density at radius 3 is 2.54 bits per heavy atom. The largest absolute Gasteiger partial charge is 0.497 e. The average molecular weight is 540 g/mol. The number of carbonyl (C=O) groups is 1. The number of amides is 1. The van der Waals surface area contributed by atoms with Crippen molar-refractivity contribution >= 4 is 42.6 Å². The van der Waals surface area contributed by atoms with Crippen molar-refractivity contribution in [1.29, 1.82) is 0 Å². The van der Waals surface area contributed by atoms with Gasteiger partial charge in [-0.15, -0.1) is 0 Å². The molecule has 8 nitrogen and oxygen atoms in total. The molecule has 1 aliphatic rings. The molecule has 1 aliphatic heterocycles. The predicted octanol–water partition coefficient (Wildman–Crippen LogP) is 5.15. The van der Waals surface area contributed by atoms with E-state index in [1.54, 1.807) is 41.5 Å². The number of sulfonamides is 1. The minimum Gasteiger partial charge on any atom is -0.497 e. The monoisotopic (exact) mass is 539 g/mol. The molecule has 37 heavy (non-hydrogen) atoms. The number of hydrogen-bond acceptors (Lipinski definition) is 7. The number of methoxy groups -OCH3 is 1. The predicted molar refractivity (Wildman–Crippen MR) is 143 cm³/mol. The molecule has 1 amide bonds. The molecule has 194 valence electrons. The summed E-state index contributed by atoms with van der Waals surface area (Å²) in [4.78, 5) is 20.6. The molecule has 0 aliphatic carbocycles. The summed E-state index contributed by atoms with van der Waals surface area (Å²) >= 11 is 1.49. The summed E-state index contributed by atoms with van der Waals surface area (Å²) in [5.41, 5.74) is 3.11. The molecular formula is C27H29N3O5S2. The molecule has 0 spiro atoms. The smallest absolute Gasteiger partial charge is 0.243 e. The number of nitrogens with zero attached hydrogens (tertiary/aromatic N) is 3. The fourth-order valence-corrected chi connectivity index (χ4v) is 7.35. The number of benzene rings is 2. The Hall–Kier alpha value is -3.21. The lowest BCUT2D eigenvalue weighted by Gasteiger charge is -2.32. The number of piperidine rings is 1. The third-order valence-corrected chi connectivity index (χ3v) is 9.65. The molecule has 3 heterocycles. The lowest BCUT2D eigenvalue weighted by Crippen LogP contribution is -2.44. The van der Waals surface area contributed by atoms with Crippen LogP contribution in [0, 0.1) is 19.8 Å². The number of thiazole rings is 1. The van der Waals surface area contributed by atoms with Crippen molar-refractivity contribution in [2.24, 2.45) is 5.92 Å². The van der Waals surface area contributed by atoms with Crippen molar-refractivity contribution in [1.82, 2.24) is 9.29 Å². The van der Waals surface area contributed by atoms with Gasteiger partial charge in [-0.25, -0.2) is 13.4 Å². The van der Waals surface area contributed by atoms with Crippen molar-refractivity contribution in [3.8, 4) is 5.75 Å². The molecule has 0 unspecified atom stereocenters. The number of aromatic nitrogens is 1. The third-order valence-electron chi connectivity index (χ3n) is 6.71. The molecule has 2 aromatic carbocycles. The summed E-state index contributed by atoms with van der Waals surface area (Å²) in [7, 11) is -2.11. The lowest BCUT2D eigenvalue weighted by atomic mass is 9.96. The zero-order valence-electron chi connectivity index (χ0n) is 21.0. The number of hydrogen-bond donors (Lipinski definition) is 0. The normalized spacial score (nSPS) is 15.2. The van der Waals surface area contributed by atoms with E-state index in [0.29, 0.717) is 29.5 Å². The van der Waals surface area contributed by atoms with Gasteiger partial charge in [0.15, 0.2) is 5.13 Å². The molecular weight excluding hydrogens is 510 g/mol. The quantitative estimate of drug-likeness (QED) is 0.323. The van der Waals surface area contributed by atoms with Gasteiger partial charge in [0, 0.05) is 19.0 Å². The van der Waals surface area contributed by atoms with Crippen LogP contribution in [0.1, 0.15) is 29.7 Å². The van der Waals surface area contributed by atoms with Gasteiger partial charge in [0.2, 0.25) is 15.9 Å².